The fourth-order valence-corrected chi connectivity index (χ4v) is 1.32. The zero-order valence-electron chi connectivity index (χ0n) is 8.39. The molecule has 1 heterocycles. The fraction of sp³-hybridized carbons (Fsp3) is 0.300. The zero-order chi connectivity index (χ0) is 11.6. The molecule has 1 aromatic heterocycles. The first-order valence-electron chi connectivity index (χ1n) is 4.34. The van der Waals surface area contributed by atoms with Crippen LogP contribution in [0.4, 0.5) is 0 Å². The van der Waals surface area contributed by atoms with E-state index in [1.54, 1.807) is 19.1 Å². The second kappa shape index (κ2) is 3.96. The van der Waals surface area contributed by atoms with Gasteiger partial charge >= 0.3 is 5.97 Å². The van der Waals surface area contributed by atoms with E-state index in [1.165, 1.54) is 13.0 Å². The van der Waals surface area contributed by atoms with Crippen molar-refractivity contribution in [3.63, 3.8) is 0 Å². The Labute approximate surface area is 86.2 Å². The molecule has 1 rings (SSSR count). The Morgan fingerprint density at radius 2 is 2.20 bits per heavy atom. The molecule has 0 aliphatic heterocycles. The Kier molecular flexibility index (Phi) is 2.90. The third-order valence-corrected chi connectivity index (χ3v) is 2.19. The van der Waals surface area contributed by atoms with Crippen molar-refractivity contribution in [1.82, 2.24) is 4.57 Å². The smallest absolute Gasteiger partial charge is 0.326 e. The summed E-state index contributed by atoms with van der Waals surface area (Å²) in [7, 11) is 0. The Bertz CT molecular complexity index is 496. The average molecular weight is 206 g/mol. The topological polar surface area (TPSA) is 83.1 Å². The Hall–Kier alpha value is -2.09. The van der Waals surface area contributed by atoms with E-state index in [1.807, 2.05) is 0 Å². The van der Waals surface area contributed by atoms with Crippen molar-refractivity contribution in [3.8, 4) is 6.07 Å². The molecule has 1 N–H and O–H groups in total. The molecule has 0 aliphatic carbocycles. The highest BCUT2D eigenvalue weighted by Crippen LogP contribution is 2.07. The number of hydrogen-bond acceptors (Lipinski definition) is 3. The van der Waals surface area contributed by atoms with Crippen LogP contribution < -0.4 is 5.56 Å². The molecule has 15 heavy (non-hydrogen) atoms. The van der Waals surface area contributed by atoms with Gasteiger partial charge in [-0.1, -0.05) is 0 Å². The van der Waals surface area contributed by atoms with E-state index >= 15 is 0 Å². The lowest BCUT2D eigenvalue weighted by Gasteiger charge is -2.13. The van der Waals surface area contributed by atoms with Crippen molar-refractivity contribution < 1.29 is 9.90 Å². The molecule has 78 valence electrons. The van der Waals surface area contributed by atoms with Gasteiger partial charge in [-0.15, -0.1) is 0 Å². The van der Waals surface area contributed by atoms with Crippen molar-refractivity contribution >= 4 is 5.97 Å². The lowest BCUT2D eigenvalue weighted by Crippen LogP contribution is -2.31. The second-order valence-corrected chi connectivity index (χ2v) is 3.19. The summed E-state index contributed by atoms with van der Waals surface area (Å²) in [5.74, 6) is -1.10. The quantitative estimate of drug-likeness (QED) is 0.771. The van der Waals surface area contributed by atoms with Crippen LogP contribution >= 0.6 is 0 Å². The lowest BCUT2D eigenvalue weighted by atomic mass is 10.2. The summed E-state index contributed by atoms with van der Waals surface area (Å²) in [6, 6.07) is 3.71. The van der Waals surface area contributed by atoms with Crippen LogP contribution in [0.5, 0.6) is 0 Å². The summed E-state index contributed by atoms with van der Waals surface area (Å²) in [6.07, 6.45) is 0. The summed E-state index contributed by atoms with van der Waals surface area (Å²) in [6.45, 7) is 3.03. The minimum Gasteiger partial charge on any atom is -0.480 e. The largest absolute Gasteiger partial charge is 0.480 e. The molecular weight excluding hydrogens is 196 g/mol. The summed E-state index contributed by atoms with van der Waals surface area (Å²) >= 11 is 0. The average Bonchev–Trinajstić information content (AvgIpc) is 2.17. The number of aryl methyl sites for hydroxylation is 1. The van der Waals surface area contributed by atoms with Crippen LogP contribution in [0.1, 0.15) is 24.2 Å². The number of hydrogen-bond donors (Lipinski definition) is 1. The van der Waals surface area contributed by atoms with Crippen LogP contribution in [0.2, 0.25) is 0 Å². The molecule has 0 aromatic carbocycles. The Morgan fingerprint density at radius 3 is 2.67 bits per heavy atom. The van der Waals surface area contributed by atoms with E-state index < -0.39 is 17.6 Å². The standard InChI is InChI=1S/C10H10N2O3/c1-6-3-4-8(5-11)9(13)12(6)7(2)10(14)15/h3-4,7H,1-2H3,(H,14,15). The molecule has 5 nitrogen and oxygen atoms in total. The predicted octanol–water partition coefficient (Wildman–Crippen LogP) is 0.674. The number of carboxylic acids is 1. The van der Waals surface area contributed by atoms with Gasteiger partial charge in [-0.3, -0.25) is 9.36 Å². The number of carboxylic acid groups (broad SMARTS) is 1. The first kappa shape index (κ1) is 11.0. The summed E-state index contributed by atoms with van der Waals surface area (Å²) in [5, 5.41) is 17.4. The van der Waals surface area contributed by atoms with Gasteiger partial charge in [-0.05, 0) is 26.0 Å². The third kappa shape index (κ3) is 1.89. The van der Waals surface area contributed by atoms with Gasteiger partial charge in [0.05, 0.1) is 0 Å². The predicted molar refractivity (Wildman–Crippen MR) is 52.5 cm³/mol. The Balaban J connectivity index is 3.48. The normalized spacial score (nSPS) is 11.8. The van der Waals surface area contributed by atoms with Gasteiger partial charge in [0.15, 0.2) is 0 Å². The zero-order valence-corrected chi connectivity index (χ0v) is 8.39. The number of nitrogens with zero attached hydrogens (tertiary/aromatic N) is 2. The summed E-state index contributed by atoms with van der Waals surface area (Å²) in [5.41, 5.74) is -0.0880. The molecule has 0 saturated heterocycles. The minimum absolute atomic E-state index is 0.0475. The third-order valence-electron chi connectivity index (χ3n) is 2.19. The van der Waals surface area contributed by atoms with Gasteiger partial charge in [-0.25, -0.2) is 4.79 Å². The fourth-order valence-electron chi connectivity index (χ4n) is 1.32. The van der Waals surface area contributed by atoms with Crippen molar-refractivity contribution in [2.24, 2.45) is 0 Å². The van der Waals surface area contributed by atoms with Gasteiger partial charge in [0.25, 0.3) is 5.56 Å². The van der Waals surface area contributed by atoms with E-state index in [0.717, 1.165) is 4.57 Å². The van der Waals surface area contributed by atoms with E-state index in [2.05, 4.69) is 0 Å². The number of nitriles is 1. The number of aromatic nitrogens is 1. The first-order chi connectivity index (χ1) is 6.99. The molecule has 1 atom stereocenters. The molecule has 0 spiro atoms. The maximum Gasteiger partial charge on any atom is 0.326 e. The molecule has 0 fully saturated rings. The van der Waals surface area contributed by atoms with E-state index in [-0.39, 0.29) is 5.56 Å². The van der Waals surface area contributed by atoms with Crippen molar-refractivity contribution in [3.05, 3.63) is 33.7 Å². The van der Waals surface area contributed by atoms with E-state index in [0.29, 0.717) is 5.69 Å². The summed E-state index contributed by atoms with van der Waals surface area (Å²) < 4.78 is 1.10. The molecule has 1 aromatic rings. The van der Waals surface area contributed by atoms with Crippen LogP contribution in [0.25, 0.3) is 0 Å². The number of aliphatic carboxylic acids is 1. The van der Waals surface area contributed by atoms with Crippen LogP contribution in [0.3, 0.4) is 0 Å². The second-order valence-electron chi connectivity index (χ2n) is 3.19. The minimum atomic E-state index is -1.10. The van der Waals surface area contributed by atoms with Gasteiger partial charge in [0.1, 0.15) is 17.7 Å². The first-order valence-corrected chi connectivity index (χ1v) is 4.34. The number of pyridine rings is 1. The van der Waals surface area contributed by atoms with Gasteiger partial charge in [0, 0.05) is 5.69 Å². The molecule has 1 unspecified atom stereocenters. The number of carbonyl (C=O) groups is 1. The van der Waals surface area contributed by atoms with Gasteiger partial charge < -0.3 is 5.11 Å². The van der Waals surface area contributed by atoms with Crippen molar-refractivity contribution in [2.75, 3.05) is 0 Å². The van der Waals surface area contributed by atoms with Gasteiger partial charge in [0.2, 0.25) is 0 Å². The molecule has 0 bridgehead atoms. The molecule has 0 saturated carbocycles. The highest BCUT2D eigenvalue weighted by molar-refractivity contribution is 5.71. The summed E-state index contributed by atoms with van der Waals surface area (Å²) in [4.78, 5) is 22.4. The highest BCUT2D eigenvalue weighted by atomic mass is 16.4. The monoisotopic (exact) mass is 206 g/mol. The lowest BCUT2D eigenvalue weighted by molar-refractivity contribution is -0.140. The molecule has 0 amide bonds. The highest BCUT2D eigenvalue weighted by Gasteiger charge is 2.17. The van der Waals surface area contributed by atoms with Crippen molar-refractivity contribution in [1.29, 1.82) is 5.26 Å². The molecule has 0 aliphatic rings. The molecule has 5 heteroatoms. The molecule has 0 radical (unpaired) electrons. The SMILES string of the molecule is Cc1ccc(C#N)c(=O)n1C(C)C(=O)O. The van der Waals surface area contributed by atoms with Crippen molar-refractivity contribution in [2.45, 2.75) is 19.9 Å². The maximum atomic E-state index is 11.6. The van der Waals surface area contributed by atoms with Gasteiger partial charge in [-0.2, -0.15) is 5.26 Å². The number of rotatable bonds is 2. The van der Waals surface area contributed by atoms with Crippen LogP contribution in [0.15, 0.2) is 16.9 Å². The van der Waals surface area contributed by atoms with Crippen LogP contribution in [-0.2, 0) is 4.79 Å². The van der Waals surface area contributed by atoms with E-state index in [4.69, 9.17) is 10.4 Å². The maximum absolute atomic E-state index is 11.6. The van der Waals surface area contributed by atoms with Crippen LogP contribution in [-0.4, -0.2) is 15.6 Å². The van der Waals surface area contributed by atoms with E-state index in [9.17, 15) is 9.59 Å². The van der Waals surface area contributed by atoms with Crippen LogP contribution in [0, 0.1) is 18.3 Å². The Morgan fingerprint density at radius 1 is 1.60 bits per heavy atom. The molecular formula is C10H10N2O3.